The zero-order valence-electron chi connectivity index (χ0n) is 11.2. The molecule has 0 spiro atoms. The van der Waals surface area contributed by atoms with Gasteiger partial charge >= 0.3 is 0 Å². The number of nitrogens with two attached hydrogens (primary N) is 1. The van der Waals surface area contributed by atoms with Gasteiger partial charge in [0.25, 0.3) is 0 Å². The summed E-state index contributed by atoms with van der Waals surface area (Å²) in [6, 6.07) is 6.66. The van der Waals surface area contributed by atoms with Crippen LogP contribution in [0.5, 0.6) is 0 Å². The number of piperazine rings is 1. The average molecular weight is 268 g/mol. The van der Waals surface area contributed by atoms with E-state index in [-0.39, 0.29) is 0 Å². The molecule has 1 aromatic carbocycles. The van der Waals surface area contributed by atoms with E-state index in [1.54, 1.807) is 0 Å². The van der Waals surface area contributed by atoms with Crippen molar-refractivity contribution in [3.8, 4) is 0 Å². The second-order valence-corrected chi connectivity index (χ2v) is 5.49. The highest BCUT2D eigenvalue weighted by Crippen LogP contribution is 2.26. The van der Waals surface area contributed by atoms with Gasteiger partial charge in [0.05, 0.1) is 0 Å². The summed E-state index contributed by atoms with van der Waals surface area (Å²) in [5.74, 6) is 0. The molecule has 100 valence electrons. The number of anilines is 1. The molecule has 1 saturated heterocycles. The van der Waals surface area contributed by atoms with E-state index < -0.39 is 0 Å². The molecule has 1 unspecified atom stereocenters. The minimum Gasteiger partial charge on any atom is -0.368 e. The van der Waals surface area contributed by atoms with Gasteiger partial charge in [-0.05, 0) is 31.5 Å². The second-order valence-electron chi connectivity index (χ2n) is 5.05. The third-order valence-electron chi connectivity index (χ3n) is 3.69. The lowest BCUT2D eigenvalue weighted by atomic mass is 10.1. The van der Waals surface area contributed by atoms with Crippen LogP contribution in [0.2, 0.25) is 5.02 Å². The van der Waals surface area contributed by atoms with E-state index in [1.165, 1.54) is 11.3 Å². The highest BCUT2D eigenvalue weighted by molar-refractivity contribution is 6.30. The van der Waals surface area contributed by atoms with Crippen LogP contribution in [0.15, 0.2) is 18.2 Å². The van der Waals surface area contributed by atoms with E-state index in [2.05, 4.69) is 35.8 Å². The maximum absolute atomic E-state index is 6.10. The number of nitrogens with zero attached hydrogens (tertiary/aromatic N) is 2. The van der Waals surface area contributed by atoms with Crippen molar-refractivity contribution in [3.63, 3.8) is 0 Å². The smallest absolute Gasteiger partial charge is 0.0426 e. The van der Waals surface area contributed by atoms with E-state index in [0.29, 0.717) is 6.04 Å². The fourth-order valence-corrected chi connectivity index (χ4v) is 2.80. The molecule has 1 fully saturated rings. The van der Waals surface area contributed by atoms with Gasteiger partial charge in [-0.15, -0.1) is 0 Å². The van der Waals surface area contributed by atoms with Gasteiger partial charge in [-0.2, -0.15) is 0 Å². The number of rotatable bonds is 3. The molecule has 2 N–H and O–H groups in total. The first-order chi connectivity index (χ1) is 8.61. The first-order valence-corrected chi connectivity index (χ1v) is 6.95. The maximum Gasteiger partial charge on any atom is 0.0426 e. The topological polar surface area (TPSA) is 32.5 Å². The van der Waals surface area contributed by atoms with Gasteiger partial charge in [-0.25, -0.2) is 0 Å². The van der Waals surface area contributed by atoms with Gasteiger partial charge in [0.2, 0.25) is 0 Å². The van der Waals surface area contributed by atoms with E-state index >= 15 is 0 Å². The van der Waals surface area contributed by atoms with Crippen LogP contribution in [-0.4, -0.2) is 43.7 Å². The average Bonchev–Trinajstić information content (AvgIpc) is 2.35. The molecule has 3 nitrogen and oxygen atoms in total. The van der Waals surface area contributed by atoms with Crippen molar-refractivity contribution in [2.75, 3.05) is 37.6 Å². The summed E-state index contributed by atoms with van der Waals surface area (Å²) in [4.78, 5) is 4.88. The molecule has 0 aromatic heterocycles. The Morgan fingerprint density at radius 2 is 2.17 bits per heavy atom. The monoisotopic (exact) mass is 267 g/mol. The fourth-order valence-electron chi connectivity index (χ4n) is 2.64. The fraction of sp³-hybridized carbons (Fsp3) is 0.571. The van der Waals surface area contributed by atoms with E-state index in [9.17, 15) is 0 Å². The molecule has 0 radical (unpaired) electrons. The van der Waals surface area contributed by atoms with Crippen molar-refractivity contribution in [1.29, 1.82) is 0 Å². The predicted molar refractivity (Wildman–Crippen MR) is 78.5 cm³/mol. The SMILES string of the molecule is Cc1ccc(Cl)cc1N1CCN(CCN)C(C)C1. The Bertz CT molecular complexity index is 408. The molecule has 0 bridgehead atoms. The molecular formula is C14H22ClN3. The summed E-state index contributed by atoms with van der Waals surface area (Å²) in [6.45, 7) is 9.30. The molecule has 1 heterocycles. The van der Waals surface area contributed by atoms with Crippen LogP contribution in [0.3, 0.4) is 0 Å². The molecule has 1 aliphatic heterocycles. The van der Waals surface area contributed by atoms with Crippen LogP contribution < -0.4 is 10.6 Å². The zero-order chi connectivity index (χ0) is 13.1. The molecular weight excluding hydrogens is 246 g/mol. The molecule has 0 amide bonds. The third-order valence-corrected chi connectivity index (χ3v) is 3.93. The molecule has 1 atom stereocenters. The molecule has 1 aliphatic rings. The lowest BCUT2D eigenvalue weighted by molar-refractivity contribution is 0.195. The Labute approximate surface area is 115 Å². The predicted octanol–water partition coefficient (Wildman–Crippen LogP) is 2.12. The van der Waals surface area contributed by atoms with Crippen LogP contribution in [-0.2, 0) is 0 Å². The van der Waals surface area contributed by atoms with Gasteiger partial charge in [-0.3, -0.25) is 4.90 Å². The lowest BCUT2D eigenvalue weighted by Crippen LogP contribution is -2.53. The van der Waals surface area contributed by atoms with Gasteiger partial charge in [0, 0.05) is 49.5 Å². The van der Waals surface area contributed by atoms with E-state index in [4.69, 9.17) is 17.3 Å². The van der Waals surface area contributed by atoms with Crippen molar-refractivity contribution in [2.24, 2.45) is 5.73 Å². The highest BCUT2D eigenvalue weighted by atomic mass is 35.5. The summed E-state index contributed by atoms with van der Waals surface area (Å²) in [5.41, 5.74) is 8.19. The summed E-state index contributed by atoms with van der Waals surface area (Å²) < 4.78 is 0. The Morgan fingerprint density at radius 3 is 2.83 bits per heavy atom. The van der Waals surface area contributed by atoms with Crippen LogP contribution in [0.1, 0.15) is 12.5 Å². The lowest BCUT2D eigenvalue weighted by Gasteiger charge is -2.41. The van der Waals surface area contributed by atoms with Crippen molar-refractivity contribution in [1.82, 2.24) is 4.90 Å². The standard InChI is InChI=1S/C14H22ClN3/c1-11-3-4-13(15)9-14(11)18-8-7-17(6-5-16)12(2)10-18/h3-4,9,12H,5-8,10,16H2,1-2H3. The van der Waals surface area contributed by atoms with Crippen LogP contribution in [0, 0.1) is 6.92 Å². The van der Waals surface area contributed by atoms with Crippen molar-refractivity contribution in [2.45, 2.75) is 19.9 Å². The number of aryl methyl sites for hydroxylation is 1. The normalized spacial score (nSPS) is 21.3. The largest absolute Gasteiger partial charge is 0.368 e. The summed E-state index contributed by atoms with van der Waals surface area (Å²) in [7, 11) is 0. The quantitative estimate of drug-likeness (QED) is 0.911. The Morgan fingerprint density at radius 1 is 1.39 bits per heavy atom. The minimum absolute atomic E-state index is 0.542. The van der Waals surface area contributed by atoms with Crippen LogP contribution in [0.25, 0.3) is 0 Å². The van der Waals surface area contributed by atoms with Gasteiger partial charge in [-0.1, -0.05) is 17.7 Å². The minimum atomic E-state index is 0.542. The van der Waals surface area contributed by atoms with E-state index in [0.717, 1.165) is 37.7 Å². The molecule has 2 rings (SSSR count). The van der Waals surface area contributed by atoms with Crippen molar-refractivity contribution in [3.05, 3.63) is 28.8 Å². The molecule has 0 aliphatic carbocycles. The maximum atomic E-state index is 6.10. The van der Waals surface area contributed by atoms with Gasteiger partial charge < -0.3 is 10.6 Å². The third kappa shape index (κ3) is 2.97. The van der Waals surface area contributed by atoms with Crippen LogP contribution in [0.4, 0.5) is 5.69 Å². The van der Waals surface area contributed by atoms with Gasteiger partial charge in [0.1, 0.15) is 0 Å². The number of benzene rings is 1. The summed E-state index contributed by atoms with van der Waals surface area (Å²) >= 11 is 6.10. The molecule has 4 heteroatoms. The van der Waals surface area contributed by atoms with Gasteiger partial charge in [0.15, 0.2) is 0 Å². The van der Waals surface area contributed by atoms with Crippen molar-refractivity contribution < 1.29 is 0 Å². The molecule has 0 saturated carbocycles. The zero-order valence-corrected chi connectivity index (χ0v) is 12.0. The Balaban J connectivity index is 2.10. The first kappa shape index (κ1) is 13.7. The number of hydrogen-bond donors (Lipinski definition) is 1. The molecule has 1 aromatic rings. The number of hydrogen-bond acceptors (Lipinski definition) is 3. The Kier molecular flexibility index (Phi) is 4.49. The highest BCUT2D eigenvalue weighted by Gasteiger charge is 2.23. The number of halogens is 1. The molecule has 18 heavy (non-hydrogen) atoms. The Hall–Kier alpha value is -0.770. The van der Waals surface area contributed by atoms with Crippen molar-refractivity contribution >= 4 is 17.3 Å². The summed E-state index contributed by atoms with van der Waals surface area (Å²) in [6.07, 6.45) is 0. The van der Waals surface area contributed by atoms with Crippen LogP contribution >= 0.6 is 11.6 Å². The van der Waals surface area contributed by atoms with E-state index in [1.807, 2.05) is 6.07 Å². The second kappa shape index (κ2) is 5.91. The summed E-state index contributed by atoms with van der Waals surface area (Å²) in [5, 5.41) is 0.813. The first-order valence-electron chi connectivity index (χ1n) is 6.57.